The van der Waals surface area contributed by atoms with E-state index in [-0.39, 0.29) is 25.0 Å². The third kappa shape index (κ3) is 5.65. The van der Waals surface area contributed by atoms with Gasteiger partial charge in [0.05, 0.1) is 6.54 Å². The Balaban J connectivity index is 1.24. The molecule has 1 fully saturated rings. The quantitative estimate of drug-likeness (QED) is 0.604. The highest BCUT2D eigenvalue weighted by Gasteiger charge is 2.34. The fourth-order valence-electron chi connectivity index (χ4n) is 4.96. The maximum Gasteiger partial charge on any atom is 0.407 e. The van der Waals surface area contributed by atoms with Crippen molar-refractivity contribution in [3.63, 3.8) is 0 Å². The van der Waals surface area contributed by atoms with E-state index in [1.54, 1.807) is 4.90 Å². The smallest absolute Gasteiger partial charge is 0.407 e. The zero-order valence-corrected chi connectivity index (χ0v) is 20.3. The molecule has 0 atom stereocenters. The standard InChI is InChI=1S/C27H33N3O5/c1-27(2,25(33)30-15-13-29(14-16-30)17-24(31)32)11-12-28-26(34)35-18-23-21-9-5-3-7-19(21)20-8-4-6-10-22(20)23/h3-10,23H,11-18H2,1-2H3,(H,28,34)(H,31,32). The summed E-state index contributed by atoms with van der Waals surface area (Å²) >= 11 is 0. The first-order valence-electron chi connectivity index (χ1n) is 12.1. The second kappa shape index (κ2) is 10.5. The normalized spacial score (nSPS) is 15.9. The highest BCUT2D eigenvalue weighted by molar-refractivity contribution is 5.82. The first kappa shape index (κ1) is 24.7. The number of nitrogens with zero attached hydrogens (tertiary/aromatic N) is 2. The number of ether oxygens (including phenoxy) is 1. The molecule has 0 saturated carbocycles. The molecule has 1 heterocycles. The van der Waals surface area contributed by atoms with Crippen LogP contribution < -0.4 is 5.32 Å². The zero-order chi connectivity index (χ0) is 25.0. The van der Waals surface area contributed by atoms with Crippen molar-refractivity contribution in [1.29, 1.82) is 0 Å². The number of benzene rings is 2. The summed E-state index contributed by atoms with van der Waals surface area (Å²) in [4.78, 5) is 39.9. The lowest BCUT2D eigenvalue weighted by Gasteiger charge is -2.38. The first-order valence-corrected chi connectivity index (χ1v) is 12.1. The van der Waals surface area contributed by atoms with Crippen LogP contribution in [0.4, 0.5) is 4.79 Å². The third-order valence-corrected chi connectivity index (χ3v) is 6.96. The Morgan fingerprint density at radius 2 is 1.54 bits per heavy atom. The van der Waals surface area contributed by atoms with Crippen LogP contribution in [0.15, 0.2) is 48.5 Å². The summed E-state index contributed by atoms with van der Waals surface area (Å²) in [5, 5.41) is 11.7. The van der Waals surface area contributed by atoms with Crippen LogP contribution in [0, 0.1) is 5.41 Å². The number of hydrogen-bond acceptors (Lipinski definition) is 5. The molecule has 2 aliphatic rings. The number of rotatable bonds is 8. The monoisotopic (exact) mass is 479 g/mol. The van der Waals surface area contributed by atoms with Crippen molar-refractivity contribution >= 4 is 18.0 Å². The summed E-state index contributed by atoms with van der Waals surface area (Å²) in [6.07, 6.45) is -0.0110. The Kier molecular flexibility index (Phi) is 7.40. The highest BCUT2D eigenvalue weighted by Crippen LogP contribution is 2.44. The molecule has 186 valence electrons. The molecule has 2 aromatic carbocycles. The summed E-state index contributed by atoms with van der Waals surface area (Å²) in [6, 6.07) is 16.4. The maximum absolute atomic E-state index is 13.0. The molecule has 0 bridgehead atoms. The number of carbonyl (C=O) groups is 3. The van der Waals surface area contributed by atoms with E-state index in [0.717, 1.165) is 11.1 Å². The van der Waals surface area contributed by atoms with Gasteiger partial charge in [-0.1, -0.05) is 62.4 Å². The minimum absolute atomic E-state index is 0.00448. The Bertz CT molecular complexity index is 1050. The van der Waals surface area contributed by atoms with E-state index < -0.39 is 17.5 Å². The molecule has 8 heteroatoms. The molecular formula is C27H33N3O5. The zero-order valence-electron chi connectivity index (χ0n) is 20.3. The van der Waals surface area contributed by atoms with E-state index in [1.165, 1.54) is 11.1 Å². The SMILES string of the molecule is CC(C)(CCNC(=O)OCC1c2ccccc2-c2ccccc21)C(=O)N1CCN(CC(=O)O)CC1. The van der Waals surface area contributed by atoms with E-state index in [1.807, 2.05) is 43.0 Å². The van der Waals surface area contributed by atoms with Gasteiger partial charge in [-0.25, -0.2) is 4.79 Å². The number of aliphatic carboxylic acids is 1. The highest BCUT2D eigenvalue weighted by atomic mass is 16.5. The van der Waals surface area contributed by atoms with Crippen LogP contribution in [0.5, 0.6) is 0 Å². The predicted octanol–water partition coefficient (Wildman–Crippen LogP) is 3.17. The second-order valence-corrected chi connectivity index (χ2v) is 9.85. The number of nitrogens with one attached hydrogen (secondary N) is 1. The maximum atomic E-state index is 13.0. The molecule has 2 N–H and O–H groups in total. The predicted molar refractivity (Wildman–Crippen MR) is 132 cm³/mol. The number of hydrogen-bond donors (Lipinski definition) is 2. The van der Waals surface area contributed by atoms with Crippen LogP contribution in [0.3, 0.4) is 0 Å². The van der Waals surface area contributed by atoms with Gasteiger partial charge in [0.15, 0.2) is 0 Å². The van der Waals surface area contributed by atoms with Crippen LogP contribution in [-0.2, 0) is 14.3 Å². The van der Waals surface area contributed by atoms with Crippen molar-refractivity contribution in [3.05, 3.63) is 59.7 Å². The topological polar surface area (TPSA) is 99.2 Å². The molecule has 1 aliphatic heterocycles. The van der Waals surface area contributed by atoms with Crippen LogP contribution in [0.2, 0.25) is 0 Å². The second-order valence-electron chi connectivity index (χ2n) is 9.85. The lowest BCUT2D eigenvalue weighted by molar-refractivity contribution is -0.143. The van der Waals surface area contributed by atoms with Crippen LogP contribution in [-0.4, -0.2) is 78.8 Å². The molecule has 2 aromatic rings. The van der Waals surface area contributed by atoms with E-state index >= 15 is 0 Å². The molecule has 0 unspecified atom stereocenters. The fraction of sp³-hybridized carbons (Fsp3) is 0.444. The van der Waals surface area contributed by atoms with Crippen molar-refractivity contribution in [3.8, 4) is 11.1 Å². The van der Waals surface area contributed by atoms with Crippen molar-refractivity contribution < 1.29 is 24.2 Å². The average molecular weight is 480 g/mol. The summed E-state index contributed by atoms with van der Waals surface area (Å²) in [5.74, 6) is -0.836. The van der Waals surface area contributed by atoms with Crippen LogP contribution in [0.1, 0.15) is 37.3 Å². The average Bonchev–Trinajstić information content (AvgIpc) is 3.16. The van der Waals surface area contributed by atoms with Gasteiger partial charge in [-0.15, -0.1) is 0 Å². The lowest BCUT2D eigenvalue weighted by atomic mass is 9.87. The first-order chi connectivity index (χ1) is 16.8. The number of amides is 2. The largest absolute Gasteiger partial charge is 0.480 e. The number of fused-ring (bicyclic) bond motifs is 3. The van der Waals surface area contributed by atoms with Gasteiger partial charge in [0.2, 0.25) is 5.91 Å². The molecule has 1 aliphatic carbocycles. The van der Waals surface area contributed by atoms with Gasteiger partial charge < -0.3 is 20.1 Å². The molecule has 0 aromatic heterocycles. The minimum Gasteiger partial charge on any atom is -0.480 e. The Morgan fingerprint density at radius 3 is 2.11 bits per heavy atom. The molecule has 2 amide bonds. The van der Waals surface area contributed by atoms with E-state index in [4.69, 9.17) is 9.84 Å². The molecule has 0 radical (unpaired) electrons. The van der Waals surface area contributed by atoms with E-state index in [9.17, 15) is 14.4 Å². The lowest BCUT2D eigenvalue weighted by Crippen LogP contribution is -2.53. The van der Waals surface area contributed by atoms with Crippen LogP contribution in [0.25, 0.3) is 11.1 Å². The van der Waals surface area contributed by atoms with Crippen molar-refractivity contribution in [1.82, 2.24) is 15.1 Å². The number of carboxylic acid groups (broad SMARTS) is 1. The van der Waals surface area contributed by atoms with Crippen molar-refractivity contribution in [2.75, 3.05) is 45.9 Å². The number of carboxylic acids is 1. The number of alkyl carbamates (subject to hydrolysis) is 1. The Labute approximate surface area is 205 Å². The minimum atomic E-state index is -0.857. The van der Waals surface area contributed by atoms with E-state index in [2.05, 4.69) is 29.6 Å². The van der Waals surface area contributed by atoms with Gasteiger partial charge in [-0.2, -0.15) is 0 Å². The number of piperazine rings is 1. The van der Waals surface area contributed by atoms with Crippen molar-refractivity contribution in [2.24, 2.45) is 5.41 Å². The molecule has 0 spiro atoms. The number of carbonyl (C=O) groups excluding carboxylic acids is 2. The summed E-state index contributed by atoms with van der Waals surface area (Å²) in [5.41, 5.74) is 4.04. The van der Waals surface area contributed by atoms with Crippen molar-refractivity contribution in [2.45, 2.75) is 26.2 Å². The molecule has 4 rings (SSSR count). The molecular weight excluding hydrogens is 446 g/mol. The van der Waals surface area contributed by atoms with Crippen LogP contribution >= 0.6 is 0 Å². The molecule has 8 nitrogen and oxygen atoms in total. The Morgan fingerprint density at radius 1 is 0.971 bits per heavy atom. The third-order valence-electron chi connectivity index (χ3n) is 6.96. The Hall–Kier alpha value is -3.39. The van der Waals surface area contributed by atoms with Gasteiger partial charge in [0.1, 0.15) is 6.61 Å². The summed E-state index contributed by atoms with van der Waals surface area (Å²) in [7, 11) is 0. The fourth-order valence-corrected chi connectivity index (χ4v) is 4.96. The molecule has 35 heavy (non-hydrogen) atoms. The van der Waals surface area contributed by atoms with Gasteiger partial charge in [-0.05, 0) is 28.7 Å². The van der Waals surface area contributed by atoms with Gasteiger partial charge >= 0.3 is 12.1 Å². The molecule has 1 saturated heterocycles. The summed E-state index contributed by atoms with van der Waals surface area (Å²) in [6.45, 7) is 6.44. The van der Waals surface area contributed by atoms with E-state index in [0.29, 0.717) is 39.1 Å². The summed E-state index contributed by atoms with van der Waals surface area (Å²) < 4.78 is 5.58. The van der Waals surface area contributed by atoms with Gasteiger partial charge in [0.25, 0.3) is 0 Å². The van der Waals surface area contributed by atoms with Gasteiger partial charge in [-0.3, -0.25) is 14.5 Å². The van der Waals surface area contributed by atoms with Gasteiger partial charge in [0, 0.05) is 44.1 Å².